The number of aliphatic imine (C=N–C) groups is 1. The SMILES string of the molecule is CCCC(c1ccc(C(=O)NCCC(=O)O)cc1)N1C(=O)C(c2cccc(Cl)c2)=NC12CCC(C(C)(C)C)CC2. The van der Waals surface area contributed by atoms with Crippen LogP contribution in [0.15, 0.2) is 53.5 Å². The van der Waals surface area contributed by atoms with E-state index in [0.29, 0.717) is 22.2 Å². The van der Waals surface area contributed by atoms with Crippen LogP contribution in [0, 0.1) is 11.3 Å². The van der Waals surface area contributed by atoms with Gasteiger partial charge in [-0.05, 0) is 73.3 Å². The van der Waals surface area contributed by atoms with E-state index in [-0.39, 0.29) is 36.2 Å². The van der Waals surface area contributed by atoms with E-state index in [1.54, 1.807) is 18.2 Å². The standard InChI is InChI=1S/C32H40ClN3O4/c1-5-7-26(21-10-12-22(13-11-21)29(39)34-19-16-27(37)38)36-30(40)28(23-8-6-9-25(33)20-23)35-32(36)17-14-24(15-18-32)31(2,3)4/h6,8-13,20,24,26H,5,7,14-19H2,1-4H3,(H,34,39)(H,37,38). The van der Waals surface area contributed by atoms with Crippen molar-refractivity contribution < 1.29 is 19.5 Å². The zero-order chi connectivity index (χ0) is 29.1. The van der Waals surface area contributed by atoms with Gasteiger partial charge in [-0.3, -0.25) is 19.4 Å². The number of nitrogens with zero attached hydrogens (tertiary/aromatic N) is 2. The first kappa shape index (κ1) is 29.8. The number of benzene rings is 2. The highest BCUT2D eigenvalue weighted by Gasteiger charge is 2.52. The summed E-state index contributed by atoms with van der Waals surface area (Å²) in [5, 5.41) is 12.0. The number of amides is 2. The molecule has 1 spiro atoms. The van der Waals surface area contributed by atoms with Gasteiger partial charge in [-0.2, -0.15) is 0 Å². The number of carboxylic acids is 1. The van der Waals surface area contributed by atoms with Gasteiger partial charge in [-0.25, -0.2) is 0 Å². The topological polar surface area (TPSA) is 99.1 Å². The highest BCUT2D eigenvalue weighted by molar-refractivity contribution is 6.47. The highest BCUT2D eigenvalue weighted by Crippen LogP contribution is 2.49. The first-order valence-electron chi connectivity index (χ1n) is 14.2. The average molecular weight is 566 g/mol. The number of hydrogen-bond acceptors (Lipinski definition) is 4. The molecule has 7 nitrogen and oxygen atoms in total. The Bertz CT molecular complexity index is 1270. The predicted octanol–water partition coefficient (Wildman–Crippen LogP) is 6.65. The van der Waals surface area contributed by atoms with Gasteiger partial charge in [0.25, 0.3) is 11.8 Å². The van der Waals surface area contributed by atoms with Crippen LogP contribution in [0.25, 0.3) is 0 Å². The summed E-state index contributed by atoms with van der Waals surface area (Å²) in [5.74, 6) is -0.798. The van der Waals surface area contributed by atoms with Crippen LogP contribution in [0.2, 0.25) is 5.02 Å². The van der Waals surface area contributed by atoms with E-state index >= 15 is 0 Å². The molecule has 1 unspecified atom stereocenters. The van der Waals surface area contributed by atoms with E-state index in [0.717, 1.165) is 49.7 Å². The average Bonchev–Trinajstić information content (AvgIpc) is 3.18. The van der Waals surface area contributed by atoms with E-state index in [4.69, 9.17) is 21.7 Å². The van der Waals surface area contributed by atoms with E-state index < -0.39 is 11.6 Å². The van der Waals surface area contributed by atoms with Gasteiger partial charge in [0.2, 0.25) is 0 Å². The second-order valence-electron chi connectivity index (χ2n) is 12.1. The zero-order valence-electron chi connectivity index (χ0n) is 23.9. The van der Waals surface area contributed by atoms with E-state index in [2.05, 4.69) is 33.0 Å². The molecule has 2 aliphatic rings. The van der Waals surface area contributed by atoms with Crippen molar-refractivity contribution in [2.75, 3.05) is 6.54 Å². The molecule has 0 radical (unpaired) electrons. The highest BCUT2D eigenvalue weighted by atomic mass is 35.5. The first-order chi connectivity index (χ1) is 18.9. The summed E-state index contributed by atoms with van der Waals surface area (Å²) in [7, 11) is 0. The second-order valence-corrected chi connectivity index (χ2v) is 12.5. The molecule has 1 fully saturated rings. The van der Waals surface area contributed by atoms with E-state index in [1.165, 1.54) is 0 Å². The molecule has 2 aromatic carbocycles. The molecule has 1 atom stereocenters. The van der Waals surface area contributed by atoms with Crippen molar-refractivity contribution in [3.8, 4) is 0 Å². The van der Waals surface area contributed by atoms with Crippen LogP contribution in [0.1, 0.15) is 100 Å². The number of carbonyl (C=O) groups is 3. The van der Waals surface area contributed by atoms with Gasteiger partial charge >= 0.3 is 5.97 Å². The van der Waals surface area contributed by atoms with Gasteiger partial charge in [0.05, 0.1) is 12.5 Å². The molecule has 40 heavy (non-hydrogen) atoms. The summed E-state index contributed by atoms with van der Waals surface area (Å²) in [6.45, 7) is 9.03. The summed E-state index contributed by atoms with van der Waals surface area (Å²) >= 11 is 6.31. The Kier molecular flexibility index (Phi) is 9.03. The molecular formula is C32H40ClN3O4. The minimum absolute atomic E-state index is 0.0678. The van der Waals surface area contributed by atoms with Crippen LogP contribution < -0.4 is 5.32 Å². The minimum atomic E-state index is -0.960. The Morgan fingerprint density at radius 3 is 2.40 bits per heavy atom. The number of hydrogen-bond donors (Lipinski definition) is 2. The van der Waals surface area contributed by atoms with Crippen molar-refractivity contribution in [3.63, 3.8) is 0 Å². The van der Waals surface area contributed by atoms with Gasteiger partial charge in [0.15, 0.2) is 0 Å². The fourth-order valence-corrected chi connectivity index (χ4v) is 6.32. The third-order valence-corrected chi connectivity index (χ3v) is 8.59. The van der Waals surface area contributed by atoms with E-state index in [9.17, 15) is 14.4 Å². The maximum Gasteiger partial charge on any atom is 0.305 e. The smallest absolute Gasteiger partial charge is 0.305 e. The van der Waals surface area contributed by atoms with Crippen molar-refractivity contribution in [1.82, 2.24) is 10.2 Å². The van der Waals surface area contributed by atoms with Gasteiger partial charge in [-0.1, -0.05) is 70.0 Å². The van der Waals surface area contributed by atoms with Crippen molar-refractivity contribution >= 4 is 35.1 Å². The Labute approximate surface area is 242 Å². The molecule has 0 saturated heterocycles. The third-order valence-electron chi connectivity index (χ3n) is 8.35. The number of nitrogens with one attached hydrogen (secondary N) is 1. The molecule has 2 aromatic rings. The van der Waals surface area contributed by atoms with Crippen molar-refractivity contribution in [3.05, 3.63) is 70.2 Å². The molecule has 8 heteroatoms. The lowest BCUT2D eigenvalue weighted by atomic mass is 9.69. The lowest BCUT2D eigenvalue weighted by Gasteiger charge is -2.47. The van der Waals surface area contributed by atoms with Crippen LogP contribution in [0.4, 0.5) is 0 Å². The van der Waals surface area contributed by atoms with E-state index in [1.807, 2.05) is 35.2 Å². The monoisotopic (exact) mass is 565 g/mol. The first-order valence-corrected chi connectivity index (χ1v) is 14.6. The number of carboxylic acid groups (broad SMARTS) is 1. The fraction of sp³-hybridized carbons (Fsp3) is 0.500. The Hall–Kier alpha value is -3.19. The molecule has 1 saturated carbocycles. The number of halogens is 1. The summed E-state index contributed by atoms with van der Waals surface area (Å²) in [6, 6.07) is 14.5. The lowest BCUT2D eigenvalue weighted by Crippen LogP contribution is -2.51. The number of carbonyl (C=O) groups excluding carboxylic acids is 2. The van der Waals surface area contributed by atoms with Gasteiger partial charge in [0.1, 0.15) is 11.4 Å². The summed E-state index contributed by atoms with van der Waals surface area (Å²) in [5.41, 5.74) is 2.18. The lowest BCUT2D eigenvalue weighted by molar-refractivity contribution is -0.137. The van der Waals surface area contributed by atoms with Crippen LogP contribution in [-0.4, -0.2) is 45.7 Å². The molecule has 1 aliphatic heterocycles. The molecule has 2 N–H and O–H groups in total. The largest absolute Gasteiger partial charge is 0.481 e. The van der Waals surface area contributed by atoms with Crippen LogP contribution >= 0.6 is 11.6 Å². The van der Waals surface area contributed by atoms with Crippen LogP contribution in [-0.2, 0) is 9.59 Å². The van der Waals surface area contributed by atoms with Crippen LogP contribution in [0.3, 0.4) is 0 Å². The Morgan fingerprint density at radius 1 is 1.15 bits per heavy atom. The molecular weight excluding hydrogens is 526 g/mol. The quantitative estimate of drug-likeness (QED) is 0.355. The normalized spacial score (nSPS) is 21.8. The van der Waals surface area contributed by atoms with Crippen molar-refractivity contribution in [1.29, 1.82) is 0 Å². The Morgan fingerprint density at radius 2 is 1.82 bits per heavy atom. The maximum atomic E-state index is 14.2. The maximum absolute atomic E-state index is 14.2. The molecule has 0 bridgehead atoms. The molecule has 1 heterocycles. The molecule has 1 aliphatic carbocycles. The zero-order valence-corrected chi connectivity index (χ0v) is 24.6. The molecule has 214 valence electrons. The fourth-order valence-electron chi connectivity index (χ4n) is 6.13. The third kappa shape index (κ3) is 6.41. The molecule has 2 amide bonds. The van der Waals surface area contributed by atoms with Gasteiger partial charge in [-0.15, -0.1) is 0 Å². The summed E-state index contributed by atoms with van der Waals surface area (Å²) in [4.78, 5) is 44.8. The van der Waals surface area contributed by atoms with Crippen molar-refractivity contribution in [2.45, 2.75) is 84.3 Å². The van der Waals surface area contributed by atoms with Gasteiger partial charge < -0.3 is 15.3 Å². The summed E-state index contributed by atoms with van der Waals surface area (Å²) < 4.78 is 0. The van der Waals surface area contributed by atoms with Crippen molar-refractivity contribution in [2.24, 2.45) is 16.3 Å². The number of rotatable bonds is 9. The minimum Gasteiger partial charge on any atom is -0.481 e. The predicted molar refractivity (Wildman–Crippen MR) is 158 cm³/mol. The summed E-state index contributed by atoms with van der Waals surface area (Å²) in [6.07, 6.45) is 5.09. The van der Waals surface area contributed by atoms with Gasteiger partial charge in [0, 0.05) is 22.7 Å². The molecule has 4 rings (SSSR count). The molecule has 0 aromatic heterocycles. The second kappa shape index (κ2) is 12.1. The van der Waals surface area contributed by atoms with Crippen LogP contribution in [0.5, 0.6) is 0 Å². The number of aliphatic carboxylic acids is 1. The Balaban J connectivity index is 1.67.